The molecule has 0 atom stereocenters. The fraction of sp³-hybridized carbons (Fsp3) is 0.167. The minimum absolute atomic E-state index is 0.570. The van der Waals surface area contributed by atoms with Crippen LogP contribution in [0.1, 0.15) is 5.56 Å². The Morgan fingerprint density at radius 3 is 2.89 bits per heavy atom. The first-order chi connectivity index (χ1) is 4.34. The monoisotopic (exact) mass is 253 g/mol. The van der Waals surface area contributed by atoms with Crippen LogP contribution in [0.2, 0.25) is 0 Å². The normalized spacial score (nSPS) is 9.56. The van der Waals surface area contributed by atoms with Gasteiger partial charge in [0.2, 0.25) is 0 Å². The molecule has 0 bridgehead atoms. The fourth-order valence-corrected chi connectivity index (χ4v) is 1.50. The molecule has 0 aliphatic rings. The SMILES string of the molecule is ClCc1ccncc1I. The van der Waals surface area contributed by atoms with Crippen LogP contribution < -0.4 is 0 Å². The summed E-state index contributed by atoms with van der Waals surface area (Å²) in [6.45, 7) is 0. The smallest absolute Gasteiger partial charge is 0.0485 e. The van der Waals surface area contributed by atoms with E-state index in [1.807, 2.05) is 6.07 Å². The van der Waals surface area contributed by atoms with Crippen LogP contribution in [0.5, 0.6) is 0 Å². The van der Waals surface area contributed by atoms with Gasteiger partial charge in [0.05, 0.1) is 0 Å². The number of rotatable bonds is 1. The van der Waals surface area contributed by atoms with Crippen molar-refractivity contribution in [2.24, 2.45) is 0 Å². The summed E-state index contributed by atoms with van der Waals surface area (Å²) in [5.74, 6) is 0.570. The number of hydrogen-bond acceptors (Lipinski definition) is 1. The Bertz CT molecular complexity index is 202. The van der Waals surface area contributed by atoms with Gasteiger partial charge in [-0.2, -0.15) is 0 Å². The van der Waals surface area contributed by atoms with E-state index in [4.69, 9.17) is 11.6 Å². The van der Waals surface area contributed by atoms with Crippen molar-refractivity contribution in [3.05, 3.63) is 27.6 Å². The van der Waals surface area contributed by atoms with Gasteiger partial charge >= 0.3 is 0 Å². The van der Waals surface area contributed by atoms with Gasteiger partial charge in [0.1, 0.15) is 0 Å². The number of halogens is 2. The molecule has 0 saturated heterocycles. The molecule has 9 heavy (non-hydrogen) atoms. The predicted octanol–water partition coefficient (Wildman–Crippen LogP) is 2.43. The molecule has 0 saturated carbocycles. The fourth-order valence-electron chi connectivity index (χ4n) is 0.512. The standard InChI is InChI=1S/C6H5ClIN/c7-3-5-1-2-9-4-6(5)8/h1-2,4H,3H2. The van der Waals surface area contributed by atoms with Crippen molar-refractivity contribution < 1.29 is 0 Å². The highest BCUT2D eigenvalue weighted by Gasteiger charge is 1.93. The molecule has 0 aliphatic heterocycles. The zero-order chi connectivity index (χ0) is 6.69. The Labute approximate surface area is 72.6 Å². The number of hydrogen-bond donors (Lipinski definition) is 0. The maximum Gasteiger partial charge on any atom is 0.0485 e. The van der Waals surface area contributed by atoms with E-state index in [1.165, 1.54) is 0 Å². The van der Waals surface area contributed by atoms with Crippen LogP contribution in [0.4, 0.5) is 0 Å². The van der Waals surface area contributed by atoms with Gasteiger partial charge in [-0.3, -0.25) is 4.98 Å². The van der Waals surface area contributed by atoms with Crippen molar-refractivity contribution >= 4 is 34.2 Å². The van der Waals surface area contributed by atoms with E-state index in [2.05, 4.69) is 27.6 Å². The van der Waals surface area contributed by atoms with Gasteiger partial charge < -0.3 is 0 Å². The average Bonchev–Trinajstić information content (AvgIpc) is 1.89. The van der Waals surface area contributed by atoms with Gasteiger partial charge in [-0.15, -0.1) is 11.6 Å². The number of alkyl halides is 1. The Morgan fingerprint density at radius 2 is 2.44 bits per heavy atom. The van der Waals surface area contributed by atoms with Crippen LogP contribution >= 0.6 is 34.2 Å². The van der Waals surface area contributed by atoms with Crippen LogP contribution in [0, 0.1) is 3.57 Å². The molecule has 0 spiro atoms. The lowest BCUT2D eigenvalue weighted by Crippen LogP contribution is -1.83. The summed E-state index contributed by atoms with van der Waals surface area (Å²) in [6.07, 6.45) is 3.55. The molecule has 1 heterocycles. The molecule has 1 aromatic heterocycles. The van der Waals surface area contributed by atoms with E-state index >= 15 is 0 Å². The van der Waals surface area contributed by atoms with E-state index in [0.29, 0.717) is 5.88 Å². The lowest BCUT2D eigenvalue weighted by atomic mass is 10.3. The highest BCUT2D eigenvalue weighted by atomic mass is 127. The van der Waals surface area contributed by atoms with Gasteiger partial charge in [-0.1, -0.05) is 0 Å². The summed E-state index contributed by atoms with van der Waals surface area (Å²) < 4.78 is 1.13. The second-order valence-electron chi connectivity index (χ2n) is 1.60. The largest absolute Gasteiger partial charge is 0.264 e. The Kier molecular flexibility index (Phi) is 2.72. The van der Waals surface area contributed by atoms with Crippen LogP contribution in [-0.2, 0) is 5.88 Å². The van der Waals surface area contributed by atoms with Gasteiger partial charge in [0.25, 0.3) is 0 Å². The Morgan fingerprint density at radius 1 is 1.67 bits per heavy atom. The lowest BCUT2D eigenvalue weighted by Gasteiger charge is -1.94. The summed E-state index contributed by atoms with van der Waals surface area (Å²) in [5.41, 5.74) is 1.15. The molecule has 1 aromatic rings. The summed E-state index contributed by atoms with van der Waals surface area (Å²) in [5, 5.41) is 0. The minimum atomic E-state index is 0.570. The second kappa shape index (κ2) is 3.37. The number of aromatic nitrogens is 1. The first kappa shape index (κ1) is 7.28. The van der Waals surface area contributed by atoms with Crippen molar-refractivity contribution in [2.75, 3.05) is 0 Å². The summed E-state index contributed by atoms with van der Waals surface area (Å²) in [4.78, 5) is 3.93. The van der Waals surface area contributed by atoms with E-state index in [-0.39, 0.29) is 0 Å². The maximum atomic E-state index is 5.60. The second-order valence-corrected chi connectivity index (χ2v) is 3.03. The van der Waals surface area contributed by atoms with Gasteiger partial charge in [-0.05, 0) is 34.2 Å². The van der Waals surface area contributed by atoms with Crippen LogP contribution in [-0.4, -0.2) is 4.98 Å². The first-order valence-electron chi connectivity index (χ1n) is 2.49. The number of pyridine rings is 1. The van der Waals surface area contributed by atoms with E-state index < -0.39 is 0 Å². The molecule has 1 nitrogen and oxygen atoms in total. The van der Waals surface area contributed by atoms with Gasteiger partial charge in [0.15, 0.2) is 0 Å². The maximum absolute atomic E-state index is 5.60. The van der Waals surface area contributed by atoms with Crippen molar-refractivity contribution in [3.63, 3.8) is 0 Å². The summed E-state index contributed by atoms with van der Waals surface area (Å²) >= 11 is 7.81. The van der Waals surface area contributed by atoms with Crippen molar-refractivity contribution in [2.45, 2.75) is 5.88 Å². The van der Waals surface area contributed by atoms with Crippen molar-refractivity contribution in [1.29, 1.82) is 0 Å². The predicted molar refractivity (Wildman–Crippen MR) is 46.5 cm³/mol. The molecule has 48 valence electrons. The molecule has 0 aromatic carbocycles. The molecule has 0 amide bonds. The molecule has 0 N–H and O–H groups in total. The van der Waals surface area contributed by atoms with Crippen LogP contribution in [0.15, 0.2) is 18.5 Å². The average molecular weight is 253 g/mol. The molecule has 3 heteroatoms. The Balaban J connectivity index is 3.01. The minimum Gasteiger partial charge on any atom is -0.264 e. The summed E-state index contributed by atoms with van der Waals surface area (Å²) in [6, 6.07) is 1.93. The first-order valence-corrected chi connectivity index (χ1v) is 4.10. The zero-order valence-electron chi connectivity index (χ0n) is 4.64. The topological polar surface area (TPSA) is 12.9 Å². The van der Waals surface area contributed by atoms with Crippen molar-refractivity contribution in [1.82, 2.24) is 4.98 Å². The molecular weight excluding hydrogens is 248 g/mol. The molecule has 0 radical (unpaired) electrons. The number of nitrogens with zero attached hydrogens (tertiary/aromatic N) is 1. The van der Waals surface area contributed by atoms with E-state index in [9.17, 15) is 0 Å². The zero-order valence-corrected chi connectivity index (χ0v) is 7.56. The highest BCUT2D eigenvalue weighted by molar-refractivity contribution is 14.1. The summed E-state index contributed by atoms with van der Waals surface area (Å²) in [7, 11) is 0. The third-order valence-electron chi connectivity index (χ3n) is 1.00. The molecule has 1 rings (SSSR count). The lowest BCUT2D eigenvalue weighted by molar-refractivity contribution is 1.24. The quantitative estimate of drug-likeness (QED) is 0.553. The highest BCUT2D eigenvalue weighted by Crippen LogP contribution is 2.11. The Hall–Kier alpha value is 0.170. The van der Waals surface area contributed by atoms with Gasteiger partial charge in [0, 0.05) is 21.8 Å². The van der Waals surface area contributed by atoms with E-state index in [0.717, 1.165) is 9.13 Å². The van der Waals surface area contributed by atoms with Crippen molar-refractivity contribution in [3.8, 4) is 0 Å². The van der Waals surface area contributed by atoms with Crippen LogP contribution in [0.25, 0.3) is 0 Å². The molecule has 0 fully saturated rings. The third-order valence-corrected chi connectivity index (χ3v) is 2.26. The molecular formula is C6H5ClIN. The van der Waals surface area contributed by atoms with Crippen LogP contribution in [0.3, 0.4) is 0 Å². The van der Waals surface area contributed by atoms with E-state index in [1.54, 1.807) is 12.4 Å². The molecule has 0 aliphatic carbocycles. The van der Waals surface area contributed by atoms with Gasteiger partial charge in [-0.25, -0.2) is 0 Å². The molecule has 0 unspecified atom stereocenters. The third kappa shape index (κ3) is 1.79.